The fourth-order valence-corrected chi connectivity index (χ4v) is 2.72. The molecule has 1 amide bonds. The van der Waals surface area contributed by atoms with Crippen LogP contribution in [0.5, 0.6) is 0 Å². The number of amides is 1. The van der Waals surface area contributed by atoms with E-state index in [9.17, 15) is 4.79 Å². The molecule has 21 heavy (non-hydrogen) atoms. The van der Waals surface area contributed by atoms with Gasteiger partial charge in [-0.15, -0.1) is 0 Å². The van der Waals surface area contributed by atoms with E-state index in [0.717, 1.165) is 31.6 Å². The van der Waals surface area contributed by atoms with E-state index < -0.39 is 0 Å². The Morgan fingerprint density at radius 3 is 2.43 bits per heavy atom. The van der Waals surface area contributed by atoms with Crippen molar-refractivity contribution < 1.29 is 4.79 Å². The molecule has 1 aromatic rings. The molecule has 1 N–H and O–H groups in total. The van der Waals surface area contributed by atoms with Crippen molar-refractivity contribution in [3.63, 3.8) is 0 Å². The Morgan fingerprint density at radius 2 is 1.81 bits per heavy atom. The van der Waals surface area contributed by atoms with Crippen molar-refractivity contribution >= 4 is 11.6 Å². The van der Waals surface area contributed by atoms with Gasteiger partial charge in [0.25, 0.3) is 0 Å². The van der Waals surface area contributed by atoms with E-state index in [1.54, 1.807) is 0 Å². The lowest BCUT2D eigenvalue weighted by molar-refractivity contribution is -0.120. The SMILES string of the molecule is CC(C)CCNC(=O)Cc1ccc(N2CCCCC2)cc1. The number of benzene rings is 1. The summed E-state index contributed by atoms with van der Waals surface area (Å²) in [4.78, 5) is 14.3. The van der Waals surface area contributed by atoms with Crippen LogP contribution in [-0.2, 0) is 11.2 Å². The Hall–Kier alpha value is -1.51. The van der Waals surface area contributed by atoms with Crippen molar-refractivity contribution in [2.24, 2.45) is 5.92 Å². The first-order chi connectivity index (χ1) is 10.1. The molecule has 1 saturated heterocycles. The molecule has 0 unspecified atom stereocenters. The van der Waals surface area contributed by atoms with Crippen LogP contribution in [0.4, 0.5) is 5.69 Å². The first-order valence-corrected chi connectivity index (χ1v) is 8.26. The second kappa shape index (κ2) is 8.06. The molecule has 0 saturated carbocycles. The largest absolute Gasteiger partial charge is 0.372 e. The molecular formula is C18H28N2O. The first kappa shape index (κ1) is 15.9. The number of carbonyl (C=O) groups excluding carboxylic acids is 1. The molecular weight excluding hydrogens is 260 g/mol. The summed E-state index contributed by atoms with van der Waals surface area (Å²) in [6, 6.07) is 8.49. The molecule has 0 atom stereocenters. The highest BCUT2D eigenvalue weighted by Crippen LogP contribution is 2.20. The quantitative estimate of drug-likeness (QED) is 0.870. The number of nitrogens with zero attached hydrogens (tertiary/aromatic N) is 1. The summed E-state index contributed by atoms with van der Waals surface area (Å²) in [7, 11) is 0. The minimum Gasteiger partial charge on any atom is -0.372 e. The molecule has 1 aliphatic rings. The Balaban J connectivity index is 1.80. The average molecular weight is 288 g/mol. The van der Waals surface area contributed by atoms with Crippen molar-refractivity contribution in [3.8, 4) is 0 Å². The summed E-state index contributed by atoms with van der Waals surface area (Å²) in [5.74, 6) is 0.760. The molecule has 1 aromatic carbocycles. The lowest BCUT2D eigenvalue weighted by Crippen LogP contribution is -2.29. The number of hydrogen-bond acceptors (Lipinski definition) is 2. The Kier molecular flexibility index (Phi) is 6.09. The van der Waals surface area contributed by atoms with Gasteiger partial charge in [0.2, 0.25) is 5.91 Å². The number of hydrogen-bond donors (Lipinski definition) is 1. The smallest absolute Gasteiger partial charge is 0.224 e. The second-order valence-electron chi connectivity index (χ2n) is 6.42. The van der Waals surface area contributed by atoms with Crippen LogP contribution in [0.25, 0.3) is 0 Å². The maximum absolute atomic E-state index is 11.9. The predicted molar refractivity (Wildman–Crippen MR) is 88.7 cm³/mol. The summed E-state index contributed by atoms with van der Waals surface area (Å²) < 4.78 is 0. The maximum Gasteiger partial charge on any atom is 0.224 e. The molecule has 0 aliphatic carbocycles. The van der Waals surface area contributed by atoms with Crippen LogP contribution in [0.1, 0.15) is 45.1 Å². The van der Waals surface area contributed by atoms with E-state index in [-0.39, 0.29) is 5.91 Å². The minimum atomic E-state index is 0.126. The first-order valence-electron chi connectivity index (χ1n) is 8.26. The Morgan fingerprint density at radius 1 is 1.14 bits per heavy atom. The van der Waals surface area contributed by atoms with Crippen LogP contribution < -0.4 is 10.2 Å². The van der Waals surface area contributed by atoms with E-state index in [1.807, 2.05) is 0 Å². The normalized spacial score (nSPS) is 15.3. The molecule has 116 valence electrons. The van der Waals surface area contributed by atoms with Crippen LogP contribution in [0.3, 0.4) is 0 Å². The van der Waals surface area contributed by atoms with Gasteiger partial charge < -0.3 is 10.2 Å². The van der Waals surface area contributed by atoms with E-state index >= 15 is 0 Å². The van der Waals surface area contributed by atoms with Gasteiger partial charge in [0.15, 0.2) is 0 Å². The fourth-order valence-electron chi connectivity index (χ4n) is 2.72. The number of nitrogens with one attached hydrogen (secondary N) is 1. The number of rotatable bonds is 6. The predicted octanol–water partition coefficient (Wildman–Crippen LogP) is 3.38. The summed E-state index contributed by atoms with van der Waals surface area (Å²) >= 11 is 0. The van der Waals surface area contributed by atoms with Crippen molar-refractivity contribution in [2.45, 2.75) is 46.0 Å². The van der Waals surface area contributed by atoms with Crippen molar-refractivity contribution in [1.82, 2.24) is 5.32 Å². The fraction of sp³-hybridized carbons (Fsp3) is 0.611. The van der Waals surface area contributed by atoms with Crippen molar-refractivity contribution in [3.05, 3.63) is 29.8 Å². The molecule has 0 radical (unpaired) electrons. The zero-order valence-corrected chi connectivity index (χ0v) is 13.4. The molecule has 2 rings (SSSR count). The molecule has 1 fully saturated rings. The van der Waals surface area contributed by atoms with E-state index in [2.05, 4.69) is 48.3 Å². The third-order valence-electron chi connectivity index (χ3n) is 4.07. The Bertz CT molecular complexity index is 433. The highest BCUT2D eigenvalue weighted by molar-refractivity contribution is 5.78. The summed E-state index contributed by atoms with van der Waals surface area (Å²) in [5.41, 5.74) is 2.39. The molecule has 1 aliphatic heterocycles. The van der Waals surface area contributed by atoms with Gasteiger partial charge in [0.1, 0.15) is 0 Å². The van der Waals surface area contributed by atoms with Gasteiger partial charge in [-0.2, -0.15) is 0 Å². The number of piperidine rings is 1. The van der Waals surface area contributed by atoms with Crippen LogP contribution in [0, 0.1) is 5.92 Å². The summed E-state index contributed by atoms with van der Waals surface area (Å²) in [6.45, 7) is 7.45. The van der Waals surface area contributed by atoms with Gasteiger partial charge in [-0.1, -0.05) is 26.0 Å². The molecule has 3 heteroatoms. The molecule has 1 heterocycles. The van der Waals surface area contributed by atoms with Crippen molar-refractivity contribution in [1.29, 1.82) is 0 Å². The van der Waals surface area contributed by atoms with Crippen LogP contribution in [0.2, 0.25) is 0 Å². The topological polar surface area (TPSA) is 32.3 Å². The van der Waals surface area contributed by atoms with Gasteiger partial charge in [0, 0.05) is 25.3 Å². The van der Waals surface area contributed by atoms with Crippen LogP contribution in [-0.4, -0.2) is 25.5 Å². The molecule has 0 aromatic heterocycles. The minimum absolute atomic E-state index is 0.126. The standard InChI is InChI=1S/C18H28N2O/c1-15(2)10-11-19-18(21)14-16-6-8-17(9-7-16)20-12-4-3-5-13-20/h6-9,15H,3-5,10-14H2,1-2H3,(H,19,21). The second-order valence-corrected chi connectivity index (χ2v) is 6.42. The monoisotopic (exact) mass is 288 g/mol. The number of carbonyl (C=O) groups is 1. The van der Waals surface area contributed by atoms with Gasteiger partial charge in [-0.25, -0.2) is 0 Å². The van der Waals surface area contributed by atoms with E-state index in [0.29, 0.717) is 12.3 Å². The summed E-state index contributed by atoms with van der Waals surface area (Å²) in [5, 5.41) is 2.99. The van der Waals surface area contributed by atoms with E-state index in [4.69, 9.17) is 0 Å². The molecule has 0 spiro atoms. The highest BCUT2D eigenvalue weighted by Gasteiger charge is 2.11. The average Bonchev–Trinajstić information content (AvgIpc) is 2.48. The maximum atomic E-state index is 11.9. The number of anilines is 1. The molecule has 3 nitrogen and oxygen atoms in total. The molecule has 0 bridgehead atoms. The zero-order valence-electron chi connectivity index (χ0n) is 13.4. The Labute approximate surface area is 128 Å². The third kappa shape index (κ3) is 5.41. The van der Waals surface area contributed by atoms with Crippen LogP contribution in [0.15, 0.2) is 24.3 Å². The van der Waals surface area contributed by atoms with Gasteiger partial charge in [-0.05, 0) is 49.3 Å². The van der Waals surface area contributed by atoms with Crippen molar-refractivity contribution in [2.75, 3.05) is 24.5 Å². The van der Waals surface area contributed by atoms with E-state index in [1.165, 1.54) is 24.9 Å². The van der Waals surface area contributed by atoms with Gasteiger partial charge in [-0.3, -0.25) is 4.79 Å². The highest BCUT2D eigenvalue weighted by atomic mass is 16.1. The zero-order chi connectivity index (χ0) is 15.1. The van der Waals surface area contributed by atoms with Gasteiger partial charge >= 0.3 is 0 Å². The van der Waals surface area contributed by atoms with Crippen LogP contribution >= 0.6 is 0 Å². The summed E-state index contributed by atoms with van der Waals surface area (Å²) in [6.07, 6.45) is 5.46. The van der Waals surface area contributed by atoms with Gasteiger partial charge in [0.05, 0.1) is 6.42 Å². The lowest BCUT2D eigenvalue weighted by Gasteiger charge is -2.28. The lowest BCUT2D eigenvalue weighted by atomic mass is 10.1. The third-order valence-corrected chi connectivity index (χ3v) is 4.07.